The summed E-state index contributed by atoms with van der Waals surface area (Å²) in [6.45, 7) is 23.2. The predicted molar refractivity (Wildman–Crippen MR) is 213 cm³/mol. The van der Waals surface area contributed by atoms with Gasteiger partial charge in [0.05, 0.1) is 63.9 Å². The Morgan fingerprint density at radius 2 is 1.57 bits per heavy atom. The van der Waals surface area contributed by atoms with Crippen LogP contribution in [0.15, 0.2) is 24.3 Å². The molecule has 320 valence electrons. The van der Waals surface area contributed by atoms with E-state index in [1.165, 1.54) is 0 Å². The largest absolute Gasteiger partial charge is 0.497 e. The van der Waals surface area contributed by atoms with Gasteiger partial charge in [-0.1, -0.05) is 60.6 Å². The molecule has 1 N–H and O–H groups in total. The smallest absolute Gasteiger partial charge is 0.308 e. The molecule has 0 saturated carbocycles. The molecular weight excluding hydrogens is 737 g/mol. The van der Waals surface area contributed by atoms with Crippen molar-refractivity contribution in [3.05, 3.63) is 29.8 Å². The minimum atomic E-state index is -2.34. The van der Waals surface area contributed by atoms with E-state index in [9.17, 15) is 9.90 Å². The van der Waals surface area contributed by atoms with Gasteiger partial charge in [0.1, 0.15) is 24.8 Å². The van der Waals surface area contributed by atoms with Gasteiger partial charge >= 0.3 is 5.97 Å². The van der Waals surface area contributed by atoms with E-state index in [-0.39, 0.29) is 66.2 Å². The second-order valence-electron chi connectivity index (χ2n) is 18.9. The lowest BCUT2D eigenvalue weighted by Crippen LogP contribution is -2.61. The molecule has 0 radical (unpaired) electrons. The van der Waals surface area contributed by atoms with Crippen molar-refractivity contribution in [3.8, 4) is 5.75 Å². The number of ether oxygens (including phenoxy) is 9. The quantitative estimate of drug-likeness (QED) is 0.102. The van der Waals surface area contributed by atoms with Crippen LogP contribution in [0.1, 0.15) is 99.5 Å². The van der Waals surface area contributed by atoms with Gasteiger partial charge in [-0.25, -0.2) is 0 Å². The Kier molecular flexibility index (Phi) is 15.2. The molecule has 13 heteroatoms. The van der Waals surface area contributed by atoms with Crippen LogP contribution in [0.5, 0.6) is 5.75 Å². The predicted octanol–water partition coefficient (Wildman–Crippen LogP) is 7.39. The molecule has 0 aliphatic carbocycles. The fourth-order valence-electron chi connectivity index (χ4n) is 8.95. The molecule has 0 amide bonds. The highest BCUT2D eigenvalue weighted by molar-refractivity contribution is 6.74. The van der Waals surface area contributed by atoms with Crippen LogP contribution in [-0.2, 0) is 53.7 Å². The van der Waals surface area contributed by atoms with Gasteiger partial charge in [0, 0.05) is 25.9 Å². The van der Waals surface area contributed by atoms with Crippen molar-refractivity contribution >= 4 is 14.3 Å². The molecule has 1 aromatic carbocycles. The number of carbonyl (C=O) groups is 1. The van der Waals surface area contributed by atoms with Gasteiger partial charge in [-0.05, 0) is 79.8 Å². The average Bonchev–Trinajstić information content (AvgIpc) is 3.56. The first-order valence-electron chi connectivity index (χ1n) is 20.8. The van der Waals surface area contributed by atoms with Crippen LogP contribution in [0, 0.1) is 23.7 Å². The molecular formula is C43H72O12Si. The molecule has 4 aliphatic rings. The normalized spacial score (nSPS) is 33.4. The number of cyclic esters (lactones) is 1. The maximum atomic E-state index is 13.0. The maximum absolute atomic E-state index is 13.0. The van der Waals surface area contributed by atoms with Crippen molar-refractivity contribution in [1.29, 1.82) is 0 Å². The van der Waals surface area contributed by atoms with Crippen molar-refractivity contribution < 1.29 is 57.0 Å². The zero-order chi connectivity index (χ0) is 41.1. The number of aliphatic hydroxyl groups excluding tert-OH is 1. The monoisotopic (exact) mass is 808 g/mol. The number of methoxy groups -OCH3 is 2. The first-order chi connectivity index (χ1) is 26.3. The number of hydrogen-bond donors (Lipinski definition) is 1. The lowest BCUT2D eigenvalue weighted by molar-refractivity contribution is -0.367. The average molecular weight is 809 g/mol. The summed E-state index contributed by atoms with van der Waals surface area (Å²) in [6.07, 6.45) is -0.0830. The number of rotatable bonds is 16. The minimum Gasteiger partial charge on any atom is -0.497 e. The maximum Gasteiger partial charge on any atom is 0.308 e. The van der Waals surface area contributed by atoms with E-state index in [1.54, 1.807) is 14.2 Å². The summed E-state index contributed by atoms with van der Waals surface area (Å²) in [4.78, 5) is 13.0. The molecule has 56 heavy (non-hydrogen) atoms. The summed E-state index contributed by atoms with van der Waals surface area (Å²) in [5.41, 5.74) is 0.975. The zero-order valence-corrected chi connectivity index (χ0v) is 37.2. The Labute approximate surface area is 337 Å². The van der Waals surface area contributed by atoms with E-state index < -0.39 is 44.3 Å². The third-order valence-corrected chi connectivity index (χ3v) is 17.4. The van der Waals surface area contributed by atoms with Crippen molar-refractivity contribution in [2.75, 3.05) is 34.2 Å². The van der Waals surface area contributed by atoms with Crippen LogP contribution in [0.25, 0.3) is 0 Å². The van der Waals surface area contributed by atoms with Crippen molar-refractivity contribution in [3.63, 3.8) is 0 Å². The van der Waals surface area contributed by atoms with Crippen LogP contribution in [-0.4, -0.2) is 108 Å². The summed E-state index contributed by atoms with van der Waals surface area (Å²) < 4.78 is 62.9. The van der Waals surface area contributed by atoms with Gasteiger partial charge in [-0.2, -0.15) is 0 Å². The summed E-state index contributed by atoms with van der Waals surface area (Å²) in [6, 6.07) is 7.68. The topological polar surface area (TPSA) is 130 Å². The number of aliphatic hydroxyl groups is 1. The molecule has 4 fully saturated rings. The first-order valence-corrected chi connectivity index (χ1v) is 23.7. The molecule has 4 saturated heterocycles. The second-order valence-corrected chi connectivity index (χ2v) is 23.6. The van der Waals surface area contributed by atoms with Gasteiger partial charge in [-0.15, -0.1) is 0 Å². The summed E-state index contributed by atoms with van der Waals surface area (Å²) in [5.74, 6) is -1.26. The Hall–Kier alpha value is -1.65. The SMILES string of the molecule is COCO[C@H]([C@@H]1C[C@@H](C)C[C@]2(C[C@@H](C)C[C@@H]([C@@H](O[Si](C)(C)C(C)(C)C)[C@@H](C)C[C@@H](O)[C@@H]3OC(=O)C[C@H](OCc4ccc(OC)cc4)[C@@H]3C)O2)O1)C1(C)OCCO1. The fourth-order valence-corrected chi connectivity index (χ4v) is 10.4. The highest BCUT2D eigenvalue weighted by Crippen LogP contribution is 2.49. The van der Waals surface area contributed by atoms with E-state index in [1.807, 2.05) is 38.1 Å². The second kappa shape index (κ2) is 18.7. The first kappa shape index (κ1) is 45.4. The van der Waals surface area contributed by atoms with E-state index in [4.69, 9.17) is 47.1 Å². The molecule has 12 atom stereocenters. The number of hydrogen-bond acceptors (Lipinski definition) is 12. The fraction of sp³-hybridized carbons (Fsp3) is 0.837. The Morgan fingerprint density at radius 3 is 2.16 bits per heavy atom. The number of carbonyl (C=O) groups excluding carboxylic acids is 1. The Morgan fingerprint density at radius 1 is 0.964 bits per heavy atom. The van der Waals surface area contributed by atoms with Gasteiger partial charge < -0.3 is 52.2 Å². The molecule has 0 bridgehead atoms. The van der Waals surface area contributed by atoms with Gasteiger partial charge in [0.15, 0.2) is 19.9 Å². The van der Waals surface area contributed by atoms with Crippen LogP contribution in [0.4, 0.5) is 0 Å². The molecule has 4 heterocycles. The van der Waals surface area contributed by atoms with E-state index >= 15 is 0 Å². The van der Waals surface area contributed by atoms with Gasteiger partial charge in [0.2, 0.25) is 0 Å². The Bertz CT molecular complexity index is 1390. The van der Waals surface area contributed by atoms with Gasteiger partial charge in [0.25, 0.3) is 0 Å². The van der Waals surface area contributed by atoms with Crippen LogP contribution in [0.2, 0.25) is 18.1 Å². The van der Waals surface area contributed by atoms with Crippen molar-refractivity contribution in [2.24, 2.45) is 23.7 Å². The number of esters is 1. The third-order valence-electron chi connectivity index (χ3n) is 12.9. The van der Waals surface area contributed by atoms with Crippen molar-refractivity contribution in [2.45, 2.75) is 173 Å². The molecule has 5 rings (SSSR count). The molecule has 1 spiro atoms. The lowest BCUT2D eigenvalue weighted by atomic mass is 9.79. The van der Waals surface area contributed by atoms with Crippen LogP contribution < -0.4 is 4.74 Å². The zero-order valence-electron chi connectivity index (χ0n) is 36.2. The molecule has 12 nitrogen and oxygen atoms in total. The standard InChI is InChI=1S/C43H72O12Si/c1-27-19-35(53-43(23-27)24-28(2)20-36(54-43)40(49-26-46-9)42(8)50-17-18-51-42)38(55-56(11,12)41(5,6)7)29(3)21-33(44)39-30(4)34(22-37(45)52-39)48-25-31-13-15-32(47-10)16-14-31/h13-16,27-30,33-36,38-40,44H,17-26H2,1-12H3/t27-,28+,29-,30-,33+,34-,35-,36-,38-,39+,40+,43-/m0/s1. The third kappa shape index (κ3) is 10.9. The van der Waals surface area contributed by atoms with Gasteiger partial charge in [-0.3, -0.25) is 4.79 Å². The van der Waals surface area contributed by atoms with Crippen LogP contribution >= 0.6 is 0 Å². The highest BCUT2D eigenvalue weighted by atomic mass is 28.4. The molecule has 1 aromatic rings. The molecule has 0 aromatic heterocycles. The molecule has 4 aliphatic heterocycles. The van der Waals surface area contributed by atoms with E-state index in [0.29, 0.717) is 26.2 Å². The molecule has 0 unspecified atom stereocenters. The van der Waals surface area contributed by atoms with Crippen molar-refractivity contribution in [1.82, 2.24) is 0 Å². The highest BCUT2D eigenvalue weighted by Gasteiger charge is 2.55. The Balaban J connectivity index is 1.35. The van der Waals surface area contributed by atoms with E-state index in [0.717, 1.165) is 37.0 Å². The number of benzene rings is 1. The summed E-state index contributed by atoms with van der Waals surface area (Å²) in [5, 5.41) is 11.9. The summed E-state index contributed by atoms with van der Waals surface area (Å²) in [7, 11) is 0.895. The van der Waals surface area contributed by atoms with E-state index in [2.05, 4.69) is 54.6 Å². The lowest BCUT2D eigenvalue weighted by Gasteiger charge is -2.54. The minimum absolute atomic E-state index is 0.0625. The van der Waals surface area contributed by atoms with Crippen LogP contribution in [0.3, 0.4) is 0 Å². The summed E-state index contributed by atoms with van der Waals surface area (Å²) >= 11 is 0.